The molecule has 0 aliphatic rings. The minimum Gasteiger partial charge on any atom is -0.497 e. The predicted molar refractivity (Wildman–Crippen MR) is 103 cm³/mol. The third kappa shape index (κ3) is 4.01. The molecular weight excluding hydrogens is 324 g/mol. The van der Waals surface area contributed by atoms with Gasteiger partial charge in [-0.05, 0) is 47.9 Å². The number of benzene rings is 3. The van der Waals surface area contributed by atoms with Gasteiger partial charge in [-0.1, -0.05) is 60.7 Å². The minimum absolute atomic E-state index is 0.370. The molecule has 0 unspecified atom stereocenters. The number of hydrogen-bond donors (Lipinski definition) is 0. The van der Waals surface area contributed by atoms with Crippen molar-refractivity contribution in [3.63, 3.8) is 0 Å². The van der Waals surface area contributed by atoms with Gasteiger partial charge in [0, 0.05) is 5.57 Å². The van der Waals surface area contributed by atoms with Crippen molar-refractivity contribution in [3.8, 4) is 11.5 Å². The number of carbonyl (C=O) groups is 1. The van der Waals surface area contributed by atoms with Crippen LogP contribution in [0.25, 0.3) is 5.57 Å². The van der Waals surface area contributed by atoms with Gasteiger partial charge in [-0.15, -0.1) is 0 Å². The molecule has 0 saturated heterocycles. The Bertz CT molecular complexity index is 895. The number of ether oxygens (including phenoxy) is 2. The third-order valence-corrected chi connectivity index (χ3v) is 4.08. The number of hydrogen-bond acceptors (Lipinski definition) is 3. The van der Waals surface area contributed by atoms with Crippen LogP contribution in [0.1, 0.15) is 18.1 Å². The normalized spacial score (nSPS) is 11.5. The first-order chi connectivity index (χ1) is 12.7. The molecule has 0 bridgehead atoms. The second kappa shape index (κ2) is 8.17. The Hall–Kier alpha value is -3.33. The lowest BCUT2D eigenvalue weighted by atomic mass is 9.93. The predicted octanol–water partition coefficient (Wildman–Crippen LogP) is 5.12. The van der Waals surface area contributed by atoms with E-state index < -0.39 is 0 Å². The zero-order chi connectivity index (χ0) is 18.4. The number of para-hydroxylation sites is 1. The average molecular weight is 344 g/mol. The van der Waals surface area contributed by atoms with E-state index in [1.807, 2.05) is 72.8 Å². The SMILES string of the molecule is COc1ccc(C(=C(C)C(=O)Oc2ccccc2)c2ccccc2)cc1. The summed E-state index contributed by atoms with van der Waals surface area (Å²) in [6.07, 6.45) is 0. The summed E-state index contributed by atoms with van der Waals surface area (Å²) in [5, 5.41) is 0. The zero-order valence-electron chi connectivity index (χ0n) is 14.8. The van der Waals surface area contributed by atoms with Gasteiger partial charge in [-0.2, -0.15) is 0 Å². The Balaban J connectivity index is 2.03. The highest BCUT2D eigenvalue weighted by Crippen LogP contribution is 2.29. The molecule has 0 aliphatic heterocycles. The molecule has 0 aliphatic carbocycles. The van der Waals surface area contributed by atoms with Gasteiger partial charge in [0.2, 0.25) is 0 Å². The molecule has 0 spiro atoms. The quantitative estimate of drug-likeness (QED) is 0.366. The first kappa shape index (κ1) is 17.5. The molecule has 0 N–H and O–H groups in total. The smallest absolute Gasteiger partial charge is 0.339 e. The molecule has 0 heterocycles. The fourth-order valence-corrected chi connectivity index (χ4v) is 2.74. The molecule has 3 heteroatoms. The van der Waals surface area contributed by atoms with Crippen molar-refractivity contribution >= 4 is 11.5 Å². The van der Waals surface area contributed by atoms with Crippen LogP contribution in [0.3, 0.4) is 0 Å². The van der Waals surface area contributed by atoms with Gasteiger partial charge in [-0.25, -0.2) is 4.79 Å². The first-order valence-electron chi connectivity index (χ1n) is 8.37. The summed E-state index contributed by atoms with van der Waals surface area (Å²) in [4.78, 5) is 12.7. The summed E-state index contributed by atoms with van der Waals surface area (Å²) in [7, 11) is 1.63. The van der Waals surface area contributed by atoms with Crippen LogP contribution in [-0.2, 0) is 4.79 Å². The van der Waals surface area contributed by atoms with E-state index in [4.69, 9.17) is 9.47 Å². The van der Waals surface area contributed by atoms with E-state index in [1.54, 1.807) is 26.2 Å². The van der Waals surface area contributed by atoms with Crippen LogP contribution in [0.4, 0.5) is 0 Å². The molecule has 0 aromatic heterocycles. The molecule has 3 nitrogen and oxygen atoms in total. The van der Waals surface area contributed by atoms with Crippen molar-refractivity contribution in [1.29, 1.82) is 0 Å². The zero-order valence-corrected chi connectivity index (χ0v) is 14.8. The van der Waals surface area contributed by atoms with Crippen LogP contribution in [0, 0.1) is 0 Å². The number of carbonyl (C=O) groups excluding carboxylic acids is 1. The fourth-order valence-electron chi connectivity index (χ4n) is 2.74. The minimum atomic E-state index is -0.370. The van der Waals surface area contributed by atoms with Crippen LogP contribution in [-0.4, -0.2) is 13.1 Å². The van der Waals surface area contributed by atoms with E-state index in [2.05, 4.69) is 0 Å². The van der Waals surface area contributed by atoms with E-state index >= 15 is 0 Å². The Morgan fingerprint density at radius 3 is 1.81 bits per heavy atom. The van der Waals surface area contributed by atoms with Crippen molar-refractivity contribution in [2.75, 3.05) is 7.11 Å². The van der Waals surface area contributed by atoms with Gasteiger partial charge in [0.25, 0.3) is 0 Å². The second-order valence-electron chi connectivity index (χ2n) is 5.80. The third-order valence-electron chi connectivity index (χ3n) is 4.08. The molecule has 0 amide bonds. The van der Waals surface area contributed by atoms with Gasteiger partial charge in [0.05, 0.1) is 7.11 Å². The van der Waals surface area contributed by atoms with Gasteiger partial charge in [-0.3, -0.25) is 0 Å². The van der Waals surface area contributed by atoms with Gasteiger partial charge in [0.15, 0.2) is 0 Å². The lowest BCUT2D eigenvalue weighted by Gasteiger charge is -2.14. The van der Waals surface area contributed by atoms with Gasteiger partial charge < -0.3 is 9.47 Å². The van der Waals surface area contributed by atoms with Crippen LogP contribution in [0.15, 0.2) is 90.5 Å². The highest BCUT2D eigenvalue weighted by Gasteiger charge is 2.16. The topological polar surface area (TPSA) is 35.5 Å². The summed E-state index contributed by atoms with van der Waals surface area (Å²) in [5.41, 5.74) is 3.28. The Morgan fingerprint density at radius 1 is 0.692 bits per heavy atom. The molecule has 0 fully saturated rings. The Kier molecular flexibility index (Phi) is 5.49. The standard InChI is InChI=1S/C23H20O3/c1-17(23(24)26-21-11-7-4-8-12-21)22(18-9-5-3-6-10-18)19-13-15-20(25-2)16-14-19/h3-16H,1-2H3. The van der Waals surface area contributed by atoms with Crippen molar-refractivity contribution in [2.24, 2.45) is 0 Å². The second-order valence-corrected chi connectivity index (χ2v) is 5.80. The summed E-state index contributed by atoms with van der Waals surface area (Å²) in [5.74, 6) is 0.926. The van der Waals surface area contributed by atoms with Gasteiger partial charge >= 0.3 is 5.97 Å². The maximum atomic E-state index is 12.7. The summed E-state index contributed by atoms with van der Waals surface area (Å²) >= 11 is 0. The van der Waals surface area contributed by atoms with Crippen LogP contribution in [0.2, 0.25) is 0 Å². The number of rotatable bonds is 5. The molecule has 0 radical (unpaired) electrons. The molecule has 3 aromatic carbocycles. The largest absolute Gasteiger partial charge is 0.497 e. The number of esters is 1. The van der Waals surface area contributed by atoms with Crippen molar-refractivity contribution < 1.29 is 14.3 Å². The average Bonchev–Trinajstić information content (AvgIpc) is 2.70. The molecular formula is C23H20O3. The van der Waals surface area contributed by atoms with Crippen molar-refractivity contribution in [2.45, 2.75) is 6.92 Å². The van der Waals surface area contributed by atoms with Crippen molar-refractivity contribution in [3.05, 3.63) is 102 Å². The summed E-state index contributed by atoms with van der Waals surface area (Å²) in [6.45, 7) is 1.79. The van der Waals surface area contributed by atoms with E-state index in [9.17, 15) is 4.79 Å². The van der Waals surface area contributed by atoms with Crippen LogP contribution < -0.4 is 9.47 Å². The highest BCUT2D eigenvalue weighted by atomic mass is 16.5. The van der Waals surface area contributed by atoms with Gasteiger partial charge in [0.1, 0.15) is 11.5 Å². The van der Waals surface area contributed by atoms with Crippen LogP contribution >= 0.6 is 0 Å². The monoisotopic (exact) mass is 344 g/mol. The lowest BCUT2D eigenvalue weighted by Crippen LogP contribution is -2.11. The summed E-state index contributed by atoms with van der Waals surface area (Å²) < 4.78 is 10.8. The lowest BCUT2D eigenvalue weighted by molar-refractivity contribution is -0.130. The highest BCUT2D eigenvalue weighted by molar-refractivity contribution is 6.02. The molecule has 3 aromatic rings. The first-order valence-corrected chi connectivity index (χ1v) is 8.37. The molecule has 0 atom stereocenters. The Morgan fingerprint density at radius 2 is 1.23 bits per heavy atom. The fraction of sp³-hybridized carbons (Fsp3) is 0.0870. The van der Waals surface area contributed by atoms with Crippen LogP contribution in [0.5, 0.6) is 11.5 Å². The molecule has 3 rings (SSSR count). The maximum absolute atomic E-state index is 12.7. The number of methoxy groups -OCH3 is 1. The van der Waals surface area contributed by atoms with E-state index in [0.29, 0.717) is 11.3 Å². The molecule has 130 valence electrons. The summed E-state index contributed by atoms with van der Waals surface area (Å²) in [6, 6.07) is 26.6. The van der Waals surface area contributed by atoms with E-state index in [-0.39, 0.29) is 5.97 Å². The van der Waals surface area contributed by atoms with Crippen molar-refractivity contribution in [1.82, 2.24) is 0 Å². The van der Waals surface area contributed by atoms with E-state index in [0.717, 1.165) is 22.4 Å². The molecule has 0 saturated carbocycles. The Labute approximate surface area is 153 Å². The molecule has 26 heavy (non-hydrogen) atoms. The van der Waals surface area contributed by atoms with E-state index in [1.165, 1.54) is 0 Å². The maximum Gasteiger partial charge on any atom is 0.339 e.